The maximum atomic E-state index is 11.5. The van der Waals surface area contributed by atoms with Gasteiger partial charge in [-0.2, -0.15) is 0 Å². The molecule has 90 valence electrons. The van der Waals surface area contributed by atoms with Crippen molar-refractivity contribution in [2.75, 3.05) is 12.9 Å². The van der Waals surface area contributed by atoms with Gasteiger partial charge in [0.05, 0.1) is 11.4 Å². The van der Waals surface area contributed by atoms with E-state index in [1.807, 2.05) is 4.72 Å². The quantitative estimate of drug-likeness (QED) is 0.670. The van der Waals surface area contributed by atoms with Crippen LogP contribution in [0.5, 0.6) is 0 Å². The molecule has 0 aromatic heterocycles. The Balaban J connectivity index is 4.52. The number of carboxylic acids is 1. The maximum absolute atomic E-state index is 11.5. The van der Waals surface area contributed by atoms with Gasteiger partial charge in [0.15, 0.2) is 0 Å². The first kappa shape index (κ1) is 14.3. The molecule has 0 aliphatic carbocycles. The number of hydrogen-bond donors (Lipinski definition) is 2. The molecule has 0 saturated heterocycles. The van der Waals surface area contributed by atoms with Crippen LogP contribution >= 0.6 is 0 Å². The second-order valence-electron chi connectivity index (χ2n) is 3.90. The van der Waals surface area contributed by atoms with Gasteiger partial charge in [-0.25, -0.2) is 13.1 Å². The molecular weight excluding hydrogens is 222 g/mol. The van der Waals surface area contributed by atoms with Crippen LogP contribution in [0.25, 0.3) is 0 Å². The van der Waals surface area contributed by atoms with Crippen LogP contribution in [-0.2, 0) is 19.6 Å². The fourth-order valence-electron chi connectivity index (χ4n) is 0.878. The molecule has 6 nitrogen and oxygen atoms in total. The van der Waals surface area contributed by atoms with E-state index in [1.165, 1.54) is 14.0 Å². The van der Waals surface area contributed by atoms with E-state index in [1.54, 1.807) is 13.8 Å². The number of hydrogen-bond acceptors (Lipinski definition) is 4. The summed E-state index contributed by atoms with van der Waals surface area (Å²) < 4.78 is 29.9. The lowest BCUT2D eigenvalue weighted by Gasteiger charge is -2.23. The van der Waals surface area contributed by atoms with E-state index in [0.717, 1.165) is 0 Å². The van der Waals surface area contributed by atoms with E-state index in [2.05, 4.69) is 0 Å². The van der Waals surface area contributed by atoms with Crippen LogP contribution in [0, 0.1) is 0 Å². The van der Waals surface area contributed by atoms with Crippen molar-refractivity contribution in [2.45, 2.75) is 32.4 Å². The Labute approximate surface area is 89.7 Å². The van der Waals surface area contributed by atoms with Crippen molar-refractivity contribution in [1.82, 2.24) is 4.72 Å². The first-order valence-corrected chi connectivity index (χ1v) is 6.03. The van der Waals surface area contributed by atoms with Crippen LogP contribution < -0.4 is 4.72 Å². The van der Waals surface area contributed by atoms with E-state index >= 15 is 0 Å². The number of sulfonamides is 1. The fourth-order valence-corrected chi connectivity index (χ4v) is 2.63. The van der Waals surface area contributed by atoms with Crippen molar-refractivity contribution >= 4 is 16.0 Å². The third-order valence-electron chi connectivity index (χ3n) is 1.82. The molecule has 0 unspecified atom stereocenters. The molecule has 0 rings (SSSR count). The third-order valence-corrected chi connectivity index (χ3v) is 3.60. The summed E-state index contributed by atoms with van der Waals surface area (Å²) in [5.74, 6) is -1.50. The van der Waals surface area contributed by atoms with Gasteiger partial charge in [-0.1, -0.05) is 0 Å². The summed E-state index contributed by atoms with van der Waals surface area (Å²) in [4.78, 5) is 10.5. The van der Waals surface area contributed by atoms with Crippen molar-refractivity contribution in [1.29, 1.82) is 0 Å². The van der Waals surface area contributed by atoms with Crippen LogP contribution in [0.2, 0.25) is 0 Å². The smallest absolute Gasteiger partial charge is 0.321 e. The Kier molecular flexibility index (Phi) is 4.69. The molecule has 0 saturated carbocycles. The number of carboxylic acid groups (broad SMARTS) is 1. The van der Waals surface area contributed by atoms with Gasteiger partial charge in [0.2, 0.25) is 10.0 Å². The van der Waals surface area contributed by atoms with Gasteiger partial charge < -0.3 is 9.84 Å². The molecule has 0 aliphatic heterocycles. The van der Waals surface area contributed by atoms with Gasteiger partial charge in [0.1, 0.15) is 6.04 Å². The molecule has 0 heterocycles. The molecule has 0 bridgehead atoms. The molecule has 0 aromatic carbocycles. The summed E-state index contributed by atoms with van der Waals surface area (Å²) >= 11 is 0. The lowest BCUT2D eigenvalue weighted by molar-refractivity contribution is -0.138. The molecule has 0 aromatic rings. The summed E-state index contributed by atoms with van der Waals surface area (Å²) in [5.41, 5.74) is -0.843. The molecule has 2 N–H and O–H groups in total. The molecule has 0 spiro atoms. The number of ether oxygens (including phenoxy) is 1. The highest BCUT2D eigenvalue weighted by Gasteiger charge is 2.28. The average molecular weight is 239 g/mol. The Morgan fingerprint density at radius 3 is 2.33 bits per heavy atom. The van der Waals surface area contributed by atoms with Crippen molar-refractivity contribution < 1.29 is 23.1 Å². The largest absolute Gasteiger partial charge is 0.480 e. The topological polar surface area (TPSA) is 92.7 Å². The van der Waals surface area contributed by atoms with Gasteiger partial charge >= 0.3 is 5.97 Å². The van der Waals surface area contributed by atoms with Gasteiger partial charge in [0.25, 0.3) is 0 Å². The van der Waals surface area contributed by atoms with Crippen LogP contribution in [0.15, 0.2) is 0 Å². The molecule has 0 radical (unpaired) electrons. The SMILES string of the molecule is COC(C)(C)CS(=O)(=O)N[C@@H](C)C(=O)O. The van der Waals surface area contributed by atoms with Crippen molar-refractivity contribution in [3.8, 4) is 0 Å². The maximum Gasteiger partial charge on any atom is 0.321 e. The Hall–Kier alpha value is -0.660. The Bertz CT molecular complexity index is 322. The second kappa shape index (κ2) is 4.91. The molecule has 0 amide bonds. The highest BCUT2D eigenvalue weighted by atomic mass is 32.2. The zero-order valence-electron chi connectivity index (χ0n) is 9.27. The lowest BCUT2D eigenvalue weighted by Crippen LogP contribution is -2.44. The van der Waals surface area contributed by atoms with Crippen molar-refractivity contribution in [3.63, 3.8) is 0 Å². The average Bonchev–Trinajstić information content (AvgIpc) is 2.01. The first-order valence-electron chi connectivity index (χ1n) is 4.37. The predicted molar refractivity (Wildman–Crippen MR) is 55.1 cm³/mol. The van der Waals surface area contributed by atoms with Crippen molar-refractivity contribution in [3.05, 3.63) is 0 Å². The molecule has 7 heteroatoms. The minimum absolute atomic E-state index is 0.284. The van der Waals surface area contributed by atoms with E-state index in [0.29, 0.717) is 0 Å². The van der Waals surface area contributed by atoms with Crippen LogP contribution in [-0.4, -0.2) is 44.0 Å². The van der Waals surface area contributed by atoms with Gasteiger partial charge in [0, 0.05) is 7.11 Å². The third kappa shape index (κ3) is 5.71. The minimum atomic E-state index is -3.65. The van der Waals surface area contributed by atoms with E-state index in [-0.39, 0.29) is 5.75 Å². The van der Waals surface area contributed by atoms with Gasteiger partial charge in [-0.05, 0) is 20.8 Å². The molecule has 0 aliphatic rings. The number of methoxy groups -OCH3 is 1. The number of carbonyl (C=O) groups is 1. The second-order valence-corrected chi connectivity index (χ2v) is 5.65. The van der Waals surface area contributed by atoms with E-state index < -0.39 is 27.6 Å². The summed E-state index contributed by atoms with van der Waals surface area (Å²) in [5, 5.41) is 8.54. The zero-order valence-corrected chi connectivity index (χ0v) is 10.1. The summed E-state index contributed by atoms with van der Waals surface area (Å²) in [6, 6.07) is -1.14. The standard InChI is InChI=1S/C8H17NO5S/c1-6(7(10)11)9-15(12,13)5-8(2,3)14-4/h6,9H,5H2,1-4H3,(H,10,11)/t6-/m0/s1. The Morgan fingerprint density at radius 1 is 1.53 bits per heavy atom. The van der Waals surface area contributed by atoms with E-state index in [9.17, 15) is 13.2 Å². The van der Waals surface area contributed by atoms with Gasteiger partial charge in [-0.3, -0.25) is 4.79 Å². The lowest BCUT2D eigenvalue weighted by atomic mass is 10.2. The number of nitrogens with one attached hydrogen (secondary N) is 1. The molecule has 0 fully saturated rings. The van der Waals surface area contributed by atoms with Gasteiger partial charge in [-0.15, -0.1) is 0 Å². The number of rotatable bonds is 6. The molecule has 15 heavy (non-hydrogen) atoms. The summed E-state index contributed by atoms with van der Waals surface area (Å²) in [6.07, 6.45) is 0. The first-order chi connectivity index (χ1) is 6.59. The number of aliphatic carboxylic acids is 1. The van der Waals surface area contributed by atoms with Crippen LogP contribution in [0.3, 0.4) is 0 Å². The predicted octanol–water partition coefficient (Wildman–Crippen LogP) is -0.196. The molecule has 1 atom stereocenters. The van der Waals surface area contributed by atoms with Crippen LogP contribution in [0.4, 0.5) is 0 Å². The highest BCUT2D eigenvalue weighted by molar-refractivity contribution is 7.89. The normalized spacial score (nSPS) is 14.9. The van der Waals surface area contributed by atoms with E-state index in [4.69, 9.17) is 9.84 Å². The minimum Gasteiger partial charge on any atom is -0.480 e. The fraction of sp³-hybridized carbons (Fsp3) is 0.875. The molecular formula is C8H17NO5S. The summed E-state index contributed by atoms with van der Waals surface area (Å²) in [7, 11) is -2.25. The highest BCUT2D eigenvalue weighted by Crippen LogP contribution is 2.10. The monoisotopic (exact) mass is 239 g/mol. The summed E-state index contributed by atoms with van der Waals surface area (Å²) in [6.45, 7) is 4.48. The Morgan fingerprint density at radius 2 is 2.00 bits per heavy atom. The van der Waals surface area contributed by atoms with Crippen LogP contribution in [0.1, 0.15) is 20.8 Å². The zero-order chi connectivity index (χ0) is 12.3. The van der Waals surface area contributed by atoms with Crippen molar-refractivity contribution in [2.24, 2.45) is 0 Å².